The summed E-state index contributed by atoms with van der Waals surface area (Å²) >= 11 is 0. The van der Waals surface area contributed by atoms with E-state index in [1.807, 2.05) is 0 Å². The summed E-state index contributed by atoms with van der Waals surface area (Å²) in [7, 11) is 1.08. The molecule has 0 aliphatic heterocycles. The van der Waals surface area contributed by atoms with Gasteiger partial charge in [0.1, 0.15) is 17.8 Å². The van der Waals surface area contributed by atoms with Gasteiger partial charge >= 0.3 is 5.97 Å². The molecule has 1 heterocycles. The van der Waals surface area contributed by atoms with Gasteiger partial charge in [-0.05, 0) is 0 Å². The first-order valence-electron chi connectivity index (χ1n) is 5.21. The lowest BCUT2D eigenvalue weighted by Gasteiger charge is -2.00. The predicted octanol–water partition coefficient (Wildman–Crippen LogP) is 2.11. The van der Waals surface area contributed by atoms with Crippen LogP contribution >= 0.6 is 0 Å². The molecule has 0 atom stereocenters. The van der Waals surface area contributed by atoms with E-state index in [1.54, 1.807) is 0 Å². The third-order valence-corrected chi connectivity index (χ3v) is 2.70. The number of methoxy groups -OCH3 is 1. The zero-order valence-electron chi connectivity index (χ0n) is 9.72. The zero-order chi connectivity index (χ0) is 14.2. The van der Waals surface area contributed by atoms with Crippen LogP contribution in [0.5, 0.6) is 0 Å². The number of hydrogen-bond donors (Lipinski definition) is 1. The zero-order valence-corrected chi connectivity index (χ0v) is 9.72. The molecule has 100 valence electrons. The highest BCUT2D eigenvalue weighted by Gasteiger charge is 2.24. The molecule has 0 unspecified atom stereocenters. The number of aldehydes is 1. The molecule has 0 saturated heterocycles. The molecule has 2 aromatic rings. The number of rotatable bonds is 3. The Kier molecular flexibility index (Phi) is 3.28. The fourth-order valence-corrected chi connectivity index (χ4v) is 1.90. The molecule has 0 spiro atoms. The molecule has 2 rings (SSSR count). The van der Waals surface area contributed by atoms with Crippen molar-refractivity contribution < 1.29 is 27.5 Å². The van der Waals surface area contributed by atoms with Crippen molar-refractivity contribution >= 4 is 23.2 Å². The fraction of sp³-hybridized carbons (Fsp3) is 0.167. The minimum atomic E-state index is -1.39. The molecule has 0 saturated carbocycles. The van der Waals surface area contributed by atoms with Crippen molar-refractivity contribution in [1.29, 1.82) is 0 Å². The second-order valence-electron chi connectivity index (χ2n) is 3.75. The highest BCUT2D eigenvalue weighted by Crippen LogP contribution is 2.29. The minimum Gasteiger partial charge on any atom is -0.464 e. The Labute approximate surface area is 105 Å². The number of hydrogen-bond acceptors (Lipinski definition) is 3. The maximum absolute atomic E-state index is 13.7. The van der Waals surface area contributed by atoms with Gasteiger partial charge in [0.25, 0.3) is 0 Å². The summed E-state index contributed by atoms with van der Waals surface area (Å²) in [6.45, 7) is 0. The molecule has 7 heteroatoms. The number of nitrogens with one attached hydrogen (secondary N) is 1. The van der Waals surface area contributed by atoms with Crippen LogP contribution in [-0.2, 0) is 16.0 Å². The van der Waals surface area contributed by atoms with E-state index in [0.29, 0.717) is 12.4 Å². The van der Waals surface area contributed by atoms with Crippen molar-refractivity contribution in [2.24, 2.45) is 0 Å². The highest BCUT2D eigenvalue weighted by atomic mass is 19.2. The summed E-state index contributed by atoms with van der Waals surface area (Å²) in [6, 6.07) is 0.362. The summed E-state index contributed by atoms with van der Waals surface area (Å²) in [6.07, 6.45) is 0.0994. The Balaban J connectivity index is 2.87. The summed E-state index contributed by atoms with van der Waals surface area (Å²) in [5.41, 5.74) is -0.837. The van der Waals surface area contributed by atoms with Gasteiger partial charge in [0.2, 0.25) is 0 Å². The molecule has 0 bridgehead atoms. The molecule has 0 radical (unpaired) electrons. The topological polar surface area (TPSA) is 59.2 Å². The van der Waals surface area contributed by atoms with Gasteiger partial charge in [-0.2, -0.15) is 0 Å². The first-order chi connectivity index (χ1) is 9.01. The molecule has 0 aliphatic rings. The molecule has 1 N–H and O–H groups in total. The minimum absolute atomic E-state index is 0.0618. The van der Waals surface area contributed by atoms with E-state index in [0.717, 1.165) is 7.11 Å². The standard InChI is InChI=1S/C12H8F3NO3/c1-19-12(18)10-5(2-3-17)8-6(13)4-7(14)9(15)11(8)16-10/h3-4,16H,2H2,1H3. The van der Waals surface area contributed by atoms with Crippen molar-refractivity contribution in [1.82, 2.24) is 4.98 Å². The fourth-order valence-electron chi connectivity index (χ4n) is 1.90. The maximum atomic E-state index is 13.7. The third kappa shape index (κ3) is 1.96. The molecular formula is C12H8F3NO3. The number of carbonyl (C=O) groups is 2. The average molecular weight is 271 g/mol. The van der Waals surface area contributed by atoms with Gasteiger partial charge in [-0.15, -0.1) is 0 Å². The van der Waals surface area contributed by atoms with Crippen LogP contribution in [0.15, 0.2) is 6.07 Å². The van der Waals surface area contributed by atoms with Crippen LogP contribution in [0, 0.1) is 17.5 Å². The van der Waals surface area contributed by atoms with Crippen LogP contribution in [0.3, 0.4) is 0 Å². The number of esters is 1. The maximum Gasteiger partial charge on any atom is 0.354 e. The Morgan fingerprint density at radius 3 is 2.63 bits per heavy atom. The summed E-state index contributed by atoms with van der Waals surface area (Å²) in [5.74, 6) is -4.66. The SMILES string of the molecule is COC(=O)c1[nH]c2c(F)c(F)cc(F)c2c1CC=O. The number of fused-ring (bicyclic) bond motifs is 1. The van der Waals surface area contributed by atoms with Crippen LogP contribution in [0.4, 0.5) is 13.2 Å². The Morgan fingerprint density at radius 1 is 1.37 bits per heavy atom. The summed E-state index contributed by atoms with van der Waals surface area (Å²) < 4.78 is 44.8. The first kappa shape index (κ1) is 13.1. The van der Waals surface area contributed by atoms with Gasteiger partial charge in [0.05, 0.1) is 12.6 Å². The quantitative estimate of drug-likeness (QED) is 0.528. The number of H-pyrrole nitrogens is 1. The van der Waals surface area contributed by atoms with Gasteiger partial charge in [0.15, 0.2) is 11.6 Å². The van der Waals surface area contributed by atoms with E-state index in [1.165, 1.54) is 0 Å². The van der Waals surface area contributed by atoms with E-state index < -0.39 is 28.9 Å². The molecule has 0 aliphatic carbocycles. The van der Waals surface area contributed by atoms with E-state index in [9.17, 15) is 22.8 Å². The van der Waals surface area contributed by atoms with Crippen LogP contribution in [-0.4, -0.2) is 24.3 Å². The van der Waals surface area contributed by atoms with Crippen molar-refractivity contribution in [3.63, 3.8) is 0 Å². The monoisotopic (exact) mass is 271 g/mol. The van der Waals surface area contributed by atoms with Crippen molar-refractivity contribution in [3.05, 3.63) is 34.8 Å². The van der Waals surface area contributed by atoms with Crippen LogP contribution in [0.25, 0.3) is 10.9 Å². The van der Waals surface area contributed by atoms with Crippen LogP contribution in [0.2, 0.25) is 0 Å². The largest absolute Gasteiger partial charge is 0.464 e. The third-order valence-electron chi connectivity index (χ3n) is 2.70. The lowest BCUT2D eigenvalue weighted by Crippen LogP contribution is -2.05. The van der Waals surface area contributed by atoms with E-state index in [2.05, 4.69) is 9.72 Å². The lowest BCUT2D eigenvalue weighted by molar-refractivity contribution is -0.107. The van der Waals surface area contributed by atoms with Crippen molar-refractivity contribution in [2.75, 3.05) is 7.11 Å². The van der Waals surface area contributed by atoms with Crippen LogP contribution in [0.1, 0.15) is 16.1 Å². The highest BCUT2D eigenvalue weighted by molar-refractivity contribution is 5.99. The lowest BCUT2D eigenvalue weighted by atomic mass is 10.1. The number of carbonyl (C=O) groups excluding carboxylic acids is 2. The van der Waals surface area contributed by atoms with Gasteiger partial charge in [-0.3, -0.25) is 0 Å². The Morgan fingerprint density at radius 2 is 2.05 bits per heavy atom. The van der Waals surface area contributed by atoms with Gasteiger partial charge in [0, 0.05) is 23.4 Å². The molecule has 4 nitrogen and oxygen atoms in total. The normalized spacial score (nSPS) is 10.7. The molecular weight excluding hydrogens is 263 g/mol. The average Bonchev–Trinajstić information content (AvgIpc) is 2.76. The second-order valence-corrected chi connectivity index (χ2v) is 3.75. The molecule has 0 fully saturated rings. The van der Waals surface area contributed by atoms with Gasteiger partial charge in [-0.25, -0.2) is 18.0 Å². The Bertz CT molecular complexity index is 679. The predicted molar refractivity (Wildman–Crippen MR) is 59.3 cm³/mol. The first-order valence-corrected chi connectivity index (χ1v) is 5.21. The van der Waals surface area contributed by atoms with Crippen molar-refractivity contribution in [3.8, 4) is 0 Å². The number of aromatic amines is 1. The number of halogens is 3. The number of ether oxygens (including phenoxy) is 1. The van der Waals surface area contributed by atoms with E-state index >= 15 is 0 Å². The summed E-state index contributed by atoms with van der Waals surface area (Å²) in [4.78, 5) is 24.3. The number of benzene rings is 1. The number of aromatic nitrogens is 1. The Hall–Kier alpha value is -2.31. The van der Waals surface area contributed by atoms with Gasteiger partial charge in [-0.1, -0.05) is 0 Å². The van der Waals surface area contributed by atoms with E-state index in [4.69, 9.17) is 0 Å². The van der Waals surface area contributed by atoms with Gasteiger partial charge < -0.3 is 14.5 Å². The second kappa shape index (κ2) is 4.75. The molecule has 19 heavy (non-hydrogen) atoms. The summed E-state index contributed by atoms with van der Waals surface area (Å²) in [5, 5.41) is -0.327. The molecule has 0 amide bonds. The van der Waals surface area contributed by atoms with Crippen molar-refractivity contribution in [2.45, 2.75) is 6.42 Å². The molecule has 1 aromatic heterocycles. The molecule has 1 aromatic carbocycles. The van der Waals surface area contributed by atoms with Crippen LogP contribution < -0.4 is 0 Å². The van der Waals surface area contributed by atoms with E-state index in [-0.39, 0.29) is 23.1 Å². The smallest absolute Gasteiger partial charge is 0.354 e.